The normalized spacial score (nSPS) is 16.9. The summed E-state index contributed by atoms with van der Waals surface area (Å²) in [7, 11) is 1.24. The molecule has 0 bridgehead atoms. The zero-order valence-electron chi connectivity index (χ0n) is 20.5. The van der Waals surface area contributed by atoms with Crippen LogP contribution in [0.1, 0.15) is 53.9 Å². The molecule has 3 aromatic rings. The number of aliphatic hydroxyl groups is 1. The number of anilines is 2. The molecule has 1 fully saturated rings. The summed E-state index contributed by atoms with van der Waals surface area (Å²) in [6.07, 6.45) is 1.01. The maximum atomic E-state index is 14.5. The lowest BCUT2D eigenvalue weighted by Gasteiger charge is -2.33. The van der Waals surface area contributed by atoms with Crippen LogP contribution in [0.4, 0.5) is 20.3 Å². The van der Waals surface area contributed by atoms with E-state index in [1.54, 1.807) is 13.0 Å². The number of fused-ring (bicyclic) bond motifs is 1. The molecule has 1 aliphatic rings. The summed E-state index contributed by atoms with van der Waals surface area (Å²) >= 11 is 0. The van der Waals surface area contributed by atoms with Crippen molar-refractivity contribution in [3.05, 3.63) is 58.4 Å². The molecular weight excluding hydrogens is 454 g/mol. The van der Waals surface area contributed by atoms with Gasteiger partial charge < -0.3 is 25.6 Å². The Morgan fingerprint density at radius 2 is 1.89 bits per heavy atom. The lowest BCUT2D eigenvalue weighted by molar-refractivity contribution is -0.0698. The Labute approximate surface area is 203 Å². The minimum absolute atomic E-state index is 0.202. The molecule has 1 aromatic heterocycles. The van der Waals surface area contributed by atoms with Crippen LogP contribution in [0.15, 0.2) is 30.3 Å². The van der Waals surface area contributed by atoms with Crippen molar-refractivity contribution in [2.45, 2.75) is 51.2 Å². The molecule has 0 saturated carbocycles. The highest BCUT2D eigenvalue weighted by atomic mass is 19.3. The smallest absolute Gasteiger partial charge is 0.296 e. The van der Waals surface area contributed by atoms with Gasteiger partial charge in [-0.15, -0.1) is 0 Å². The number of rotatable bonds is 7. The highest BCUT2D eigenvalue weighted by Gasteiger charge is 2.34. The Morgan fingerprint density at radius 3 is 2.57 bits per heavy atom. The second-order valence-electron chi connectivity index (χ2n) is 9.34. The molecule has 4 N–H and O–H groups in total. The highest BCUT2D eigenvalue weighted by molar-refractivity contribution is 5.92. The van der Waals surface area contributed by atoms with Crippen molar-refractivity contribution in [3.63, 3.8) is 0 Å². The van der Waals surface area contributed by atoms with Crippen molar-refractivity contribution >= 4 is 22.4 Å². The van der Waals surface area contributed by atoms with Crippen molar-refractivity contribution in [2.24, 2.45) is 0 Å². The molecule has 0 amide bonds. The van der Waals surface area contributed by atoms with E-state index in [4.69, 9.17) is 10.5 Å². The van der Waals surface area contributed by atoms with E-state index >= 15 is 0 Å². The SMILES string of the molecule is COCC(F)(F)c1cc(N)cc([C@@H](C)Nc2nc(C)nc3c(C)cc(C4(O)CCOCC4)cc23)c1. The van der Waals surface area contributed by atoms with Gasteiger partial charge in [0.25, 0.3) is 5.92 Å². The molecule has 35 heavy (non-hydrogen) atoms. The van der Waals surface area contributed by atoms with Gasteiger partial charge in [-0.3, -0.25) is 0 Å². The first-order valence-corrected chi connectivity index (χ1v) is 11.7. The number of hydrogen-bond donors (Lipinski definition) is 3. The Kier molecular flexibility index (Phi) is 6.95. The average molecular weight is 487 g/mol. The van der Waals surface area contributed by atoms with Crippen LogP contribution in [-0.4, -0.2) is 42.0 Å². The van der Waals surface area contributed by atoms with E-state index < -0.39 is 18.1 Å². The summed E-state index contributed by atoms with van der Waals surface area (Å²) in [6.45, 7) is 5.87. The largest absolute Gasteiger partial charge is 0.399 e. The minimum Gasteiger partial charge on any atom is -0.399 e. The Balaban J connectivity index is 1.74. The van der Waals surface area contributed by atoms with E-state index in [1.165, 1.54) is 19.2 Å². The first-order chi connectivity index (χ1) is 16.5. The van der Waals surface area contributed by atoms with Gasteiger partial charge in [0, 0.05) is 49.8 Å². The number of nitrogens with one attached hydrogen (secondary N) is 1. The molecular formula is C26H32F2N4O3. The molecule has 1 atom stereocenters. The third-order valence-corrected chi connectivity index (χ3v) is 6.54. The maximum absolute atomic E-state index is 14.5. The van der Waals surface area contributed by atoms with Crippen LogP contribution in [0.2, 0.25) is 0 Å². The molecule has 9 heteroatoms. The number of hydrogen-bond acceptors (Lipinski definition) is 7. The molecule has 0 unspecified atom stereocenters. The van der Waals surface area contributed by atoms with Gasteiger partial charge in [0.2, 0.25) is 0 Å². The third kappa shape index (κ3) is 5.22. The number of methoxy groups -OCH3 is 1. The van der Waals surface area contributed by atoms with Crippen LogP contribution < -0.4 is 11.1 Å². The summed E-state index contributed by atoms with van der Waals surface area (Å²) in [4.78, 5) is 9.23. The number of alkyl halides is 2. The van der Waals surface area contributed by atoms with Crippen molar-refractivity contribution < 1.29 is 23.4 Å². The van der Waals surface area contributed by atoms with Crippen LogP contribution in [0.25, 0.3) is 10.9 Å². The number of nitrogens with zero attached hydrogens (tertiary/aromatic N) is 2. The van der Waals surface area contributed by atoms with Crippen LogP contribution in [0.5, 0.6) is 0 Å². The van der Waals surface area contributed by atoms with Gasteiger partial charge in [0.1, 0.15) is 18.2 Å². The number of benzene rings is 2. The number of aromatic nitrogens is 2. The molecule has 0 spiro atoms. The molecule has 0 aliphatic carbocycles. The lowest BCUT2D eigenvalue weighted by atomic mass is 9.85. The van der Waals surface area contributed by atoms with Gasteiger partial charge in [-0.2, -0.15) is 8.78 Å². The quantitative estimate of drug-likeness (QED) is 0.415. The van der Waals surface area contributed by atoms with Crippen LogP contribution >= 0.6 is 0 Å². The summed E-state index contributed by atoms with van der Waals surface area (Å²) in [5.74, 6) is -2.02. The van der Waals surface area contributed by atoms with E-state index in [0.717, 1.165) is 22.0 Å². The Morgan fingerprint density at radius 1 is 1.17 bits per heavy atom. The fourth-order valence-electron chi connectivity index (χ4n) is 4.58. The zero-order valence-corrected chi connectivity index (χ0v) is 20.5. The van der Waals surface area contributed by atoms with Gasteiger partial charge in [0.15, 0.2) is 0 Å². The number of ether oxygens (including phenoxy) is 2. The van der Waals surface area contributed by atoms with Gasteiger partial charge in [-0.25, -0.2) is 9.97 Å². The van der Waals surface area contributed by atoms with E-state index in [0.29, 0.717) is 43.3 Å². The standard InChI is InChI=1S/C26H32F2N4O3/c1-15-9-19(25(33)5-7-35-8-6-25)13-22-23(15)31-17(3)32-24(22)30-16(2)18-10-20(12-21(29)11-18)26(27,28)14-34-4/h9-13,16,33H,5-8,14,29H2,1-4H3,(H,30,31,32)/t16-/m1/s1. The maximum Gasteiger partial charge on any atom is 0.296 e. The van der Waals surface area contributed by atoms with E-state index in [-0.39, 0.29) is 17.3 Å². The van der Waals surface area contributed by atoms with Gasteiger partial charge in [-0.1, -0.05) is 6.07 Å². The average Bonchev–Trinajstić information content (AvgIpc) is 2.79. The van der Waals surface area contributed by atoms with E-state index in [2.05, 4.69) is 20.0 Å². The van der Waals surface area contributed by atoms with Crippen molar-refractivity contribution in [2.75, 3.05) is 38.0 Å². The van der Waals surface area contributed by atoms with Gasteiger partial charge >= 0.3 is 0 Å². The topological polar surface area (TPSA) is 103 Å². The summed E-state index contributed by atoms with van der Waals surface area (Å²) in [6, 6.07) is 7.87. The first kappa shape index (κ1) is 25.2. The fourth-order valence-corrected chi connectivity index (χ4v) is 4.58. The molecule has 1 aliphatic heterocycles. The summed E-state index contributed by atoms with van der Waals surface area (Å²) in [5, 5.41) is 15.4. The van der Waals surface area contributed by atoms with E-state index in [1.807, 2.05) is 26.0 Å². The van der Waals surface area contributed by atoms with Crippen molar-refractivity contribution in [1.29, 1.82) is 0 Å². The fraction of sp³-hybridized carbons (Fsp3) is 0.462. The van der Waals surface area contributed by atoms with Gasteiger partial charge in [0.05, 0.1) is 17.2 Å². The highest BCUT2D eigenvalue weighted by Crippen LogP contribution is 2.37. The molecule has 188 valence electrons. The van der Waals surface area contributed by atoms with Crippen LogP contribution in [0, 0.1) is 13.8 Å². The molecule has 2 aromatic carbocycles. The summed E-state index contributed by atoms with van der Waals surface area (Å²) < 4.78 is 39.2. The molecule has 7 nitrogen and oxygen atoms in total. The molecule has 2 heterocycles. The minimum atomic E-state index is -3.16. The predicted octanol–water partition coefficient (Wildman–Crippen LogP) is 4.74. The lowest BCUT2D eigenvalue weighted by Crippen LogP contribution is -2.33. The monoisotopic (exact) mass is 486 g/mol. The van der Waals surface area contributed by atoms with Crippen molar-refractivity contribution in [3.8, 4) is 0 Å². The number of aryl methyl sites for hydroxylation is 2. The molecule has 4 rings (SSSR count). The molecule has 1 saturated heterocycles. The number of halogens is 2. The van der Waals surface area contributed by atoms with E-state index in [9.17, 15) is 13.9 Å². The van der Waals surface area contributed by atoms with Crippen molar-refractivity contribution in [1.82, 2.24) is 9.97 Å². The zero-order chi connectivity index (χ0) is 25.4. The number of nitrogen functional groups attached to an aromatic ring is 1. The Bertz CT molecular complexity index is 1230. The number of nitrogens with two attached hydrogens (primary N) is 1. The second kappa shape index (κ2) is 9.64. The molecule has 0 radical (unpaired) electrons. The predicted molar refractivity (Wildman–Crippen MR) is 132 cm³/mol. The Hall–Kier alpha value is -2.88. The van der Waals surface area contributed by atoms with Crippen LogP contribution in [-0.2, 0) is 21.0 Å². The first-order valence-electron chi connectivity index (χ1n) is 11.7. The third-order valence-electron chi connectivity index (χ3n) is 6.54. The summed E-state index contributed by atoms with van der Waals surface area (Å²) in [5.41, 5.74) is 8.10. The van der Waals surface area contributed by atoms with Gasteiger partial charge in [-0.05, 0) is 61.7 Å². The second-order valence-corrected chi connectivity index (χ2v) is 9.34. The van der Waals surface area contributed by atoms with Crippen LogP contribution in [0.3, 0.4) is 0 Å².